The van der Waals surface area contributed by atoms with Gasteiger partial charge < -0.3 is 10.5 Å². The molecule has 0 bridgehead atoms. The van der Waals surface area contributed by atoms with Crippen molar-refractivity contribution in [2.24, 2.45) is 0 Å². The van der Waals surface area contributed by atoms with Gasteiger partial charge in [-0.25, -0.2) is 4.79 Å². The Hall–Kier alpha value is -1.58. The average molecular weight is 194 g/mol. The van der Waals surface area contributed by atoms with Crippen molar-refractivity contribution in [3.05, 3.63) is 23.0 Å². The highest BCUT2D eigenvalue weighted by atomic mass is 16.5. The van der Waals surface area contributed by atoms with E-state index in [2.05, 4.69) is 4.98 Å². The number of aryl methyl sites for hydroxylation is 1. The maximum atomic E-state index is 11.4. The van der Waals surface area contributed by atoms with Gasteiger partial charge in [0.05, 0.1) is 23.6 Å². The molecule has 1 aromatic rings. The van der Waals surface area contributed by atoms with E-state index in [9.17, 15) is 4.79 Å². The number of hydrogen-bond acceptors (Lipinski definition) is 4. The van der Waals surface area contributed by atoms with Gasteiger partial charge in [0, 0.05) is 6.20 Å². The SMILES string of the molecule is CCOC(=O)c1cnc(C)c(N)c1C. The first-order valence-electron chi connectivity index (χ1n) is 4.46. The molecule has 0 aliphatic rings. The Balaban J connectivity index is 3.11. The fraction of sp³-hybridized carbons (Fsp3) is 0.400. The number of ether oxygens (including phenoxy) is 1. The molecule has 0 aromatic carbocycles. The highest BCUT2D eigenvalue weighted by Crippen LogP contribution is 2.18. The molecule has 14 heavy (non-hydrogen) atoms. The Morgan fingerprint density at radius 1 is 1.57 bits per heavy atom. The lowest BCUT2D eigenvalue weighted by Gasteiger charge is -2.08. The van der Waals surface area contributed by atoms with Crippen molar-refractivity contribution < 1.29 is 9.53 Å². The Labute approximate surface area is 83.1 Å². The zero-order valence-corrected chi connectivity index (χ0v) is 8.63. The van der Waals surface area contributed by atoms with Crippen LogP contribution in [0, 0.1) is 13.8 Å². The predicted octanol–water partition coefficient (Wildman–Crippen LogP) is 1.46. The molecule has 0 aliphatic heterocycles. The summed E-state index contributed by atoms with van der Waals surface area (Å²) in [4.78, 5) is 15.4. The van der Waals surface area contributed by atoms with Crippen LogP contribution in [0.4, 0.5) is 5.69 Å². The quantitative estimate of drug-likeness (QED) is 0.724. The van der Waals surface area contributed by atoms with Crippen LogP contribution in [-0.2, 0) is 4.74 Å². The molecular formula is C10H14N2O2. The van der Waals surface area contributed by atoms with E-state index in [0.717, 1.165) is 11.3 Å². The second-order valence-electron chi connectivity index (χ2n) is 3.02. The van der Waals surface area contributed by atoms with Crippen LogP contribution in [-0.4, -0.2) is 17.6 Å². The van der Waals surface area contributed by atoms with Gasteiger partial charge in [0.25, 0.3) is 0 Å². The van der Waals surface area contributed by atoms with E-state index in [0.29, 0.717) is 17.9 Å². The molecule has 1 rings (SSSR count). The predicted molar refractivity (Wildman–Crippen MR) is 54.1 cm³/mol. The van der Waals surface area contributed by atoms with Crippen LogP contribution in [0.2, 0.25) is 0 Å². The molecule has 1 aromatic heterocycles. The molecule has 0 radical (unpaired) electrons. The van der Waals surface area contributed by atoms with Gasteiger partial charge in [0.15, 0.2) is 0 Å². The molecule has 1 heterocycles. The first-order valence-corrected chi connectivity index (χ1v) is 4.46. The van der Waals surface area contributed by atoms with Gasteiger partial charge in [-0.15, -0.1) is 0 Å². The fourth-order valence-corrected chi connectivity index (χ4v) is 1.16. The van der Waals surface area contributed by atoms with Crippen LogP contribution < -0.4 is 5.73 Å². The normalized spacial score (nSPS) is 9.93. The fourth-order valence-electron chi connectivity index (χ4n) is 1.16. The Morgan fingerprint density at radius 2 is 2.21 bits per heavy atom. The molecule has 4 nitrogen and oxygen atoms in total. The zero-order valence-electron chi connectivity index (χ0n) is 8.63. The molecule has 0 saturated heterocycles. The third-order valence-electron chi connectivity index (χ3n) is 2.08. The van der Waals surface area contributed by atoms with Gasteiger partial charge in [-0.1, -0.05) is 0 Å². The van der Waals surface area contributed by atoms with Gasteiger partial charge in [0.1, 0.15) is 0 Å². The van der Waals surface area contributed by atoms with Crippen molar-refractivity contribution in [1.82, 2.24) is 4.98 Å². The van der Waals surface area contributed by atoms with E-state index in [1.54, 1.807) is 20.8 Å². The average Bonchev–Trinajstić information content (AvgIpc) is 2.15. The zero-order chi connectivity index (χ0) is 10.7. The number of pyridine rings is 1. The Morgan fingerprint density at radius 3 is 2.79 bits per heavy atom. The van der Waals surface area contributed by atoms with Gasteiger partial charge in [-0.2, -0.15) is 0 Å². The first kappa shape index (κ1) is 10.5. The van der Waals surface area contributed by atoms with E-state index in [1.165, 1.54) is 6.20 Å². The summed E-state index contributed by atoms with van der Waals surface area (Å²) < 4.78 is 4.87. The maximum Gasteiger partial charge on any atom is 0.340 e. The third-order valence-corrected chi connectivity index (χ3v) is 2.08. The van der Waals surface area contributed by atoms with Crippen molar-refractivity contribution in [1.29, 1.82) is 0 Å². The number of rotatable bonds is 2. The van der Waals surface area contributed by atoms with Crippen LogP contribution in [0.15, 0.2) is 6.20 Å². The molecule has 0 unspecified atom stereocenters. The number of nitrogens with two attached hydrogens (primary N) is 1. The molecule has 0 amide bonds. The molecule has 0 spiro atoms. The summed E-state index contributed by atoms with van der Waals surface area (Å²) in [7, 11) is 0. The van der Waals surface area contributed by atoms with E-state index in [-0.39, 0.29) is 5.97 Å². The summed E-state index contributed by atoms with van der Waals surface area (Å²) in [5, 5.41) is 0. The number of nitrogens with zero attached hydrogens (tertiary/aromatic N) is 1. The molecule has 0 aliphatic carbocycles. The van der Waals surface area contributed by atoms with Crippen molar-refractivity contribution in [2.45, 2.75) is 20.8 Å². The lowest BCUT2D eigenvalue weighted by molar-refractivity contribution is 0.0525. The minimum Gasteiger partial charge on any atom is -0.462 e. The smallest absolute Gasteiger partial charge is 0.340 e. The molecule has 0 fully saturated rings. The van der Waals surface area contributed by atoms with Crippen LogP contribution >= 0.6 is 0 Å². The second kappa shape index (κ2) is 4.09. The van der Waals surface area contributed by atoms with Crippen molar-refractivity contribution in [3.8, 4) is 0 Å². The number of esters is 1. The summed E-state index contributed by atoms with van der Waals surface area (Å²) >= 11 is 0. The van der Waals surface area contributed by atoms with Gasteiger partial charge in [-0.05, 0) is 26.3 Å². The van der Waals surface area contributed by atoms with Gasteiger partial charge in [0.2, 0.25) is 0 Å². The summed E-state index contributed by atoms with van der Waals surface area (Å²) in [6.45, 7) is 5.71. The number of nitrogen functional groups attached to an aromatic ring is 1. The highest BCUT2D eigenvalue weighted by Gasteiger charge is 2.13. The third kappa shape index (κ3) is 1.84. The minimum atomic E-state index is -0.371. The molecule has 4 heteroatoms. The lowest BCUT2D eigenvalue weighted by atomic mass is 10.1. The molecule has 76 valence electrons. The van der Waals surface area contributed by atoms with Crippen molar-refractivity contribution in [3.63, 3.8) is 0 Å². The Kier molecular flexibility index (Phi) is 3.06. The number of carbonyl (C=O) groups excluding carboxylic acids is 1. The summed E-state index contributed by atoms with van der Waals surface area (Å²) in [5.74, 6) is -0.371. The monoisotopic (exact) mass is 194 g/mol. The second-order valence-corrected chi connectivity index (χ2v) is 3.02. The van der Waals surface area contributed by atoms with Gasteiger partial charge >= 0.3 is 5.97 Å². The topological polar surface area (TPSA) is 65.2 Å². The standard InChI is InChI=1S/C10H14N2O2/c1-4-14-10(13)8-5-12-7(3)9(11)6(8)2/h5H,4,11H2,1-3H3. The number of carbonyl (C=O) groups is 1. The van der Waals surface area contributed by atoms with Crippen molar-refractivity contribution >= 4 is 11.7 Å². The number of hydrogen-bond donors (Lipinski definition) is 1. The molecular weight excluding hydrogens is 180 g/mol. The summed E-state index contributed by atoms with van der Waals surface area (Å²) in [5.41, 5.74) is 8.20. The van der Waals surface area contributed by atoms with E-state index < -0.39 is 0 Å². The lowest BCUT2D eigenvalue weighted by Crippen LogP contribution is -2.10. The Bertz CT molecular complexity index is 361. The maximum absolute atomic E-state index is 11.4. The van der Waals surface area contributed by atoms with E-state index >= 15 is 0 Å². The van der Waals surface area contributed by atoms with Gasteiger partial charge in [-0.3, -0.25) is 4.98 Å². The van der Waals surface area contributed by atoms with Crippen molar-refractivity contribution in [2.75, 3.05) is 12.3 Å². The molecule has 0 saturated carbocycles. The van der Waals surface area contributed by atoms with Crippen LogP contribution in [0.5, 0.6) is 0 Å². The van der Waals surface area contributed by atoms with Crippen LogP contribution in [0.3, 0.4) is 0 Å². The highest BCUT2D eigenvalue weighted by molar-refractivity contribution is 5.92. The largest absolute Gasteiger partial charge is 0.462 e. The minimum absolute atomic E-state index is 0.353. The summed E-state index contributed by atoms with van der Waals surface area (Å²) in [6, 6.07) is 0. The van der Waals surface area contributed by atoms with Crippen LogP contribution in [0.1, 0.15) is 28.5 Å². The van der Waals surface area contributed by atoms with E-state index in [4.69, 9.17) is 10.5 Å². The number of anilines is 1. The number of aromatic nitrogens is 1. The summed E-state index contributed by atoms with van der Waals surface area (Å²) in [6.07, 6.45) is 1.50. The molecule has 2 N–H and O–H groups in total. The first-order chi connectivity index (χ1) is 6.57. The van der Waals surface area contributed by atoms with Crippen LogP contribution in [0.25, 0.3) is 0 Å². The molecule has 0 atom stereocenters. The van der Waals surface area contributed by atoms with E-state index in [1.807, 2.05) is 0 Å².